The lowest BCUT2D eigenvalue weighted by molar-refractivity contribution is 0.0633. The van der Waals surface area contributed by atoms with E-state index in [-0.39, 0.29) is 5.91 Å². The monoisotopic (exact) mass is 291 g/mol. The molecule has 5 heteroatoms. The van der Waals surface area contributed by atoms with E-state index in [4.69, 9.17) is 10.5 Å². The topological polar surface area (TPSA) is 58.8 Å². The Hall–Kier alpha value is -1.75. The van der Waals surface area contributed by atoms with Crippen molar-refractivity contribution in [1.82, 2.24) is 9.80 Å². The quantitative estimate of drug-likeness (QED) is 0.841. The molecule has 21 heavy (non-hydrogen) atoms. The summed E-state index contributed by atoms with van der Waals surface area (Å²) in [6.45, 7) is 9.07. The summed E-state index contributed by atoms with van der Waals surface area (Å²) < 4.78 is 5.56. The van der Waals surface area contributed by atoms with Crippen molar-refractivity contribution in [2.24, 2.45) is 0 Å². The van der Waals surface area contributed by atoms with Gasteiger partial charge in [0.2, 0.25) is 0 Å². The van der Waals surface area contributed by atoms with Crippen LogP contribution in [0.15, 0.2) is 18.2 Å². The average Bonchev–Trinajstić information content (AvgIpc) is 2.50. The zero-order valence-corrected chi connectivity index (χ0v) is 13.0. The molecule has 1 amide bonds. The van der Waals surface area contributed by atoms with Gasteiger partial charge >= 0.3 is 0 Å². The van der Waals surface area contributed by atoms with Gasteiger partial charge in [-0.15, -0.1) is 0 Å². The van der Waals surface area contributed by atoms with Crippen LogP contribution in [0.2, 0.25) is 0 Å². The van der Waals surface area contributed by atoms with Gasteiger partial charge in [-0.05, 0) is 32.0 Å². The third kappa shape index (κ3) is 3.67. The summed E-state index contributed by atoms with van der Waals surface area (Å²) in [5.74, 6) is 0.530. The van der Waals surface area contributed by atoms with Crippen molar-refractivity contribution in [3.8, 4) is 5.75 Å². The van der Waals surface area contributed by atoms with Crippen molar-refractivity contribution < 1.29 is 9.53 Å². The van der Waals surface area contributed by atoms with Crippen LogP contribution in [0.25, 0.3) is 0 Å². The first-order valence-corrected chi connectivity index (χ1v) is 7.70. The maximum atomic E-state index is 12.7. The molecule has 0 atom stereocenters. The number of carbonyl (C=O) groups excluding carboxylic acids is 1. The normalized spacial score (nSPS) is 16.0. The summed E-state index contributed by atoms with van der Waals surface area (Å²) in [5, 5.41) is 0. The summed E-state index contributed by atoms with van der Waals surface area (Å²) >= 11 is 0. The van der Waals surface area contributed by atoms with Gasteiger partial charge in [0.15, 0.2) is 5.75 Å². The molecule has 5 nitrogen and oxygen atoms in total. The molecule has 1 aromatic rings. The fourth-order valence-corrected chi connectivity index (χ4v) is 2.69. The summed E-state index contributed by atoms with van der Waals surface area (Å²) in [7, 11) is 0. The van der Waals surface area contributed by atoms with Gasteiger partial charge in [0, 0.05) is 26.2 Å². The molecule has 0 unspecified atom stereocenters. The van der Waals surface area contributed by atoms with Gasteiger partial charge < -0.3 is 15.4 Å². The number of nitrogens with two attached hydrogens (primary N) is 1. The summed E-state index contributed by atoms with van der Waals surface area (Å²) in [4.78, 5) is 17.0. The Balaban J connectivity index is 2.09. The predicted octanol–water partition coefficient (Wildman–Crippen LogP) is 1.84. The molecule has 2 rings (SSSR count). The number of hydrogen-bond acceptors (Lipinski definition) is 4. The molecule has 116 valence electrons. The minimum Gasteiger partial charge on any atom is -0.491 e. The summed E-state index contributed by atoms with van der Waals surface area (Å²) in [6, 6.07) is 5.36. The van der Waals surface area contributed by atoms with E-state index < -0.39 is 0 Å². The molecule has 0 saturated carbocycles. The molecule has 0 aliphatic carbocycles. The second kappa shape index (κ2) is 7.31. The lowest BCUT2D eigenvalue weighted by atomic mass is 10.1. The molecule has 1 saturated heterocycles. The first-order valence-electron chi connectivity index (χ1n) is 7.70. The molecule has 1 heterocycles. The minimum absolute atomic E-state index is 0.0156. The van der Waals surface area contributed by atoms with E-state index in [0.29, 0.717) is 23.6 Å². The number of piperazine rings is 1. The third-order valence-corrected chi connectivity index (χ3v) is 3.76. The molecule has 0 radical (unpaired) electrons. The second-order valence-corrected chi connectivity index (χ2v) is 5.29. The van der Waals surface area contributed by atoms with E-state index in [2.05, 4.69) is 11.8 Å². The lowest BCUT2D eigenvalue weighted by Crippen LogP contribution is -2.48. The second-order valence-electron chi connectivity index (χ2n) is 5.29. The number of benzene rings is 1. The van der Waals surface area contributed by atoms with E-state index in [1.807, 2.05) is 11.8 Å². The van der Waals surface area contributed by atoms with Gasteiger partial charge in [-0.2, -0.15) is 0 Å². The maximum Gasteiger partial charge on any atom is 0.257 e. The molecule has 1 aliphatic heterocycles. The smallest absolute Gasteiger partial charge is 0.257 e. The SMILES string of the molecule is CCCN1CCN(C(=O)c2cccc(N)c2OCC)CC1. The van der Waals surface area contributed by atoms with E-state index in [1.54, 1.807) is 18.2 Å². The number of para-hydroxylation sites is 1. The van der Waals surface area contributed by atoms with Crippen LogP contribution in [0.5, 0.6) is 5.75 Å². The van der Waals surface area contributed by atoms with E-state index >= 15 is 0 Å². The molecule has 0 spiro atoms. The highest BCUT2D eigenvalue weighted by molar-refractivity contribution is 5.98. The maximum absolute atomic E-state index is 12.7. The van der Waals surface area contributed by atoms with E-state index in [1.165, 1.54) is 0 Å². The number of amides is 1. The van der Waals surface area contributed by atoms with Crippen molar-refractivity contribution in [3.05, 3.63) is 23.8 Å². The first kappa shape index (κ1) is 15.6. The van der Waals surface area contributed by atoms with Crippen molar-refractivity contribution in [1.29, 1.82) is 0 Å². The standard InChI is InChI=1S/C16H25N3O2/c1-3-8-18-9-11-19(12-10-18)16(20)13-6-5-7-14(17)15(13)21-4-2/h5-7H,3-4,8-12,17H2,1-2H3. The number of anilines is 1. The summed E-state index contributed by atoms with van der Waals surface area (Å²) in [5.41, 5.74) is 7.02. The zero-order valence-electron chi connectivity index (χ0n) is 13.0. The van der Waals surface area contributed by atoms with E-state index in [9.17, 15) is 4.79 Å². The van der Waals surface area contributed by atoms with Gasteiger partial charge in [-0.1, -0.05) is 13.0 Å². The van der Waals surface area contributed by atoms with Crippen LogP contribution < -0.4 is 10.5 Å². The largest absolute Gasteiger partial charge is 0.491 e. The Morgan fingerprint density at radius 3 is 2.57 bits per heavy atom. The summed E-state index contributed by atoms with van der Waals surface area (Å²) in [6.07, 6.45) is 1.15. The molecular formula is C16H25N3O2. The zero-order chi connectivity index (χ0) is 15.2. The number of nitrogens with zero attached hydrogens (tertiary/aromatic N) is 2. The fraction of sp³-hybridized carbons (Fsp3) is 0.562. The third-order valence-electron chi connectivity index (χ3n) is 3.76. The van der Waals surface area contributed by atoms with Crippen LogP contribution in [-0.4, -0.2) is 55.0 Å². The molecule has 1 aliphatic rings. The van der Waals surface area contributed by atoms with Gasteiger partial charge in [0.25, 0.3) is 5.91 Å². The predicted molar refractivity (Wildman–Crippen MR) is 84.7 cm³/mol. The Labute approximate surface area is 126 Å². The van der Waals surface area contributed by atoms with Crippen molar-refractivity contribution in [2.75, 3.05) is 45.1 Å². The molecular weight excluding hydrogens is 266 g/mol. The van der Waals surface area contributed by atoms with Gasteiger partial charge in [0.1, 0.15) is 0 Å². The van der Waals surface area contributed by atoms with Crippen molar-refractivity contribution in [2.45, 2.75) is 20.3 Å². The first-order chi connectivity index (χ1) is 10.2. The molecule has 1 fully saturated rings. The number of nitrogen functional groups attached to an aromatic ring is 1. The number of carbonyl (C=O) groups is 1. The molecule has 1 aromatic carbocycles. The Morgan fingerprint density at radius 2 is 1.95 bits per heavy atom. The van der Waals surface area contributed by atoms with Gasteiger partial charge in [-0.25, -0.2) is 0 Å². The minimum atomic E-state index is 0.0156. The highest BCUT2D eigenvalue weighted by atomic mass is 16.5. The van der Waals surface area contributed by atoms with Crippen molar-refractivity contribution in [3.63, 3.8) is 0 Å². The van der Waals surface area contributed by atoms with Crippen LogP contribution in [0.4, 0.5) is 5.69 Å². The van der Waals surface area contributed by atoms with Crippen LogP contribution in [0.1, 0.15) is 30.6 Å². The van der Waals surface area contributed by atoms with E-state index in [0.717, 1.165) is 39.1 Å². The van der Waals surface area contributed by atoms with Crippen molar-refractivity contribution >= 4 is 11.6 Å². The number of ether oxygens (including phenoxy) is 1. The Kier molecular flexibility index (Phi) is 5.44. The van der Waals surface area contributed by atoms with Gasteiger partial charge in [-0.3, -0.25) is 9.69 Å². The highest BCUT2D eigenvalue weighted by Gasteiger charge is 2.24. The van der Waals surface area contributed by atoms with Crippen LogP contribution in [-0.2, 0) is 0 Å². The number of hydrogen-bond donors (Lipinski definition) is 1. The Morgan fingerprint density at radius 1 is 1.24 bits per heavy atom. The molecule has 2 N–H and O–H groups in total. The number of rotatable bonds is 5. The lowest BCUT2D eigenvalue weighted by Gasteiger charge is -2.34. The molecule has 0 bridgehead atoms. The van der Waals surface area contributed by atoms with Crippen LogP contribution in [0.3, 0.4) is 0 Å². The average molecular weight is 291 g/mol. The van der Waals surface area contributed by atoms with Gasteiger partial charge in [0.05, 0.1) is 17.9 Å². The fourth-order valence-electron chi connectivity index (χ4n) is 2.69. The Bertz CT molecular complexity index is 482. The van der Waals surface area contributed by atoms with Crippen LogP contribution >= 0.6 is 0 Å². The van der Waals surface area contributed by atoms with Crippen LogP contribution in [0, 0.1) is 0 Å². The molecule has 0 aromatic heterocycles. The highest BCUT2D eigenvalue weighted by Crippen LogP contribution is 2.27.